The van der Waals surface area contributed by atoms with Gasteiger partial charge in [0, 0.05) is 30.1 Å². The van der Waals surface area contributed by atoms with Crippen LogP contribution in [0, 0.1) is 0 Å². The molecule has 0 N–H and O–H groups in total. The van der Waals surface area contributed by atoms with Crippen molar-refractivity contribution in [3.8, 4) is 17.1 Å². The van der Waals surface area contributed by atoms with Crippen LogP contribution in [0.4, 0.5) is 0 Å². The molecule has 0 amide bonds. The van der Waals surface area contributed by atoms with Gasteiger partial charge in [0.25, 0.3) is 0 Å². The van der Waals surface area contributed by atoms with Gasteiger partial charge in [0.15, 0.2) is 5.82 Å². The molecule has 3 aromatic rings. The van der Waals surface area contributed by atoms with E-state index in [1.165, 1.54) is 19.3 Å². The van der Waals surface area contributed by atoms with Gasteiger partial charge in [-0.15, -0.1) is 0 Å². The lowest BCUT2D eigenvalue weighted by atomic mass is 10.1. The van der Waals surface area contributed by atoms with Gasteiger partial charge in [-0.05, 0) is 61.6 Å². The number of ether oxygens (including phenoxy) is 2. The third kappa shape index (κ3) is 8.14. The molecule has 1 aromatic heterocycles. The fourth-order valence-electron chi connectivity index (χ4n) is 3.64. The van der Waals surface area contributed by atoms with Crippen molar-refractivity contribution in [1.82, 2.24) is 9.97 Å². The first-order chi connectivity index (χ1) is 16.2. The van der Waals surface area contributed by atoms with Crippen LogP contribution in [0.15, 0.2) is 67.5 Å². The van der Waals surface area contributed by atoms with E-state index in [-0.39, 0.29) is 0 Å². The standard InChI is InChI=1S/C29H36N2O2/c1-4-6-10-18-32-23(3)11-8-7-9-12-24-21-30-29(31-22-24)27-14-13-26-20-28(33-17-5-2)16-15-25(26)19-27/h5,9,12-16,19-23H,2,4,6-8,10-11,17-18H2,1,3H3. The SMILES string of the molecule is C=CCOc1ccc2cc(-c3ncc(C=CCCCC(C)OCCCCC)cn3)ccc2c1. The van der Waals surface area contributed by atoms with Crippen molar-refractivity contribution in [3.05, 3.63) is 73.1 Å². The molecule has 0 radical (unpaired) electrons. The summed E-state index contributed by atoms with van der Waals surface area (Å²) >= 11 is 0. The van der Waals surface area contributed by atoms with Crippen molar-refractivity contribution in [2.24, 2.45) is 0 Å². The van der Waals surface area contributed by atoms with Crippen molar-refractivity contribution in [3.63, 3.8) is 0 Å². The second-order valence-corrected chi connectivity index (χ2v) is 8.39. The highest BCUT2D eigenvalue weighted by Crippen LogP contribution is 2.25. The summed E-state index contributed by atoms with van der Waals surface area (Å²) in [4.78, 5) is 9.14. The van der Waals surface area contributed by atoms with Crippen LogP contribution in [0.5, 0.6) is 5.75 Å². The molecule has 1 heterocycles. The van der Waals surface area contributed by atoms with Gasteiger partial charge in [0.2, 0.25) is 0 Å². The molecule has 2 aromatic carbocycles. The summed E-state index contributed by atoms with van der Waals surface area (Å²) in [5.41, 5.74) is 2.03. The number of nitrogens with zero attached hydrogens (tertiary/aromatic N) is 2. The van der Waals surface area contributed by atoms with E-state index in [1.54, 1.807) is 6.08 Å². The van der Waals surface area contributed by atoms with E-state index in [0.29, 0.717) is 12.7 Å². The average Bonchev–Trinajstić information content (AvgIpc) is 2.85. The monoisotopic (exact) mass is 444 g/mol. The average molecular weight is 445 g/mol. The summed E-state index contributed by atoms with van der Waals surface area (Å²) < 4.78 is 11.5. The van der Waals surface area contributed by atoms with Gasteiger partial charge in [0.1, 0.15) is 12.4 Å². The van der Waals surface area contributed by atoms with E-state index in [9.17, 15) is 0 Å². The highest BCUT2D eigenvalue weighted by molar-refractivity contribution is 5.87. The zero-order valence-corrected chi connectivity index (χ0v) is 20.0. The first-order valence-corrected chi connectivity index (χ1v) is 12.1. The minimum Gasteiger partial charge on any atom is -0.490 e. The summed E-state index contributed by atoms with van der Waals surface area (Å²) in [6.07, 6.45) is 17.1. The maximum absolute atomic E-state index is 5.86. The van der Waals surface area contributed by atoms with E-state index in [4.69, 9.17) is 9.47 Å². The molecular weight excluding hydrogens is 408 g/mol. The molecule has 4 heteroatoms. The van der Waals surface area contributed by atoms with Crippen LogP contribution in [0.2, 0.25) is 0 Å². The van der Waals surface area contributed by atoms with Crippen LogP contribution in [0.3, 0.4) is 0 Å². The summed E-state index contributed by atoms with van der Waals surface area (Å²) in [7, 11) is 0. The molecule has 0 saturated carbocycles. The second kappa shape index (κ2) is 13.5. The number of hydrogen-bond donors (Lipinski definition) is 0. The Kier molecular flexibility index (Phi) is 10.1. The Morgan fingerprint density at radius 1 is 1.00 bits per heavy atom. The van der Waals surface area contributed by atoms with Gasteiger partial charge < -0.3 is 9.47 Å². The third-order valence-corrected chi connectivity index (χ3v) is 5.55. The summed E-state index contributed by atoms with van der Waals surface area (Å²) in [5.74, 6) is 1.58. The van der Waals surface area contributed by atoms with Gasteiger partial charge >= 0.3 is 0 Å². The fourth-order valence-corrected chi connectivity index (χ4v) is 3.64. The molecule has 33 heavy (non-hydrogen) atoms. The van der Waals surface area contributed by atoms with E-state index in [0.717, 1.165) is 59.3 Å². The van der Waals surface area contributed by atoms with Gasteiger partial charge in [-0.1, -0.05) is 62.8 Å². The maximum atomic E-state index is 5.86. The highest BCUT2D eigenvalue weighted by Gasteiger charge is 2.04. The summed E-state index contributed by atoms with van der Waals surface area (Å²) in [6, 6.07) is 12.3. The predicted molar refractivity (Wildman–Crippen MR) is 138 cm³/mol. The predicted octanol–water partition coefficient (Wildman–Crippen LogP) is 7.64. The third-order valence-electron chi connectivity index (χ3n) is 5.55. The molecule has 0 aliphatic heterocycles. The molecule has 1 unspecified atom stereocenters. The van der Waals surface area contributed by atoms with Crippen LogP contribution in [0.25, 0.3) is 28.2 Å². The topological polar surface area (TPSA) is 44.2 Å². The Morgan fingerprint density at radius 3 is 2.58 bits per heavy atom. The Hall–Kier alpha value is -2.98. The smallest absolute Gasteiger partial charge is 0.159 e. The lowest BCUT2D eigenvalue weighted by molar-refractivity contribution is 0.0566. The molecule has 1 atom stereocenters. The van der Waals surface area contributed by atoms with Crippen LogP contribution < -0.4 is 4.74 Å². The maximum Gasteiger partial charge on any atom is 0.159 e. The van der Waals surface area contributed by atoms with Crippen molar-refractivity contribution >= 4 is 16.8 Å². The number of allylic oxidation sites excluding steroid dienone is 1. The number of benzene rings is 2. The van der Waals surface area contributed by atoms with Crippen LogP contribution in [-0.2, 0) is 4.74 Å². The largest absolute Gasteiger partial charge is 0.490 e. The van der Waals surface area contributed by atoms with Crippen LogP contribution >= 0.6 is 0 Å². The number of aromatic nitrogens is 2. The molecule has 0 saturated heterocycles. The fraction of sp³-hybridized carbons (Fsp3) is 0.379. The van der Waals surface area contributed by atoms with Gasteiger partial charge in [-0.2, -0.15) is 0 Å². The minimum absolute atomic E-state index is 0.339. The molecule has 0 bridgehead atoms. The van der Waals surface area contributed by atoms with Gasteiger partial charge in [0.05, 0.1) is 6.10 Å². The zero-order chi connectivity index (χ0) is 23.3. The lowest BCUT2D eigenvalue weighted by Gasteiger charge is -2.11. The van der Waals surface area contributed by atoms with Gasteiger partial charge in [-0.3, -0.25) is 0 Å². The first kappa shape index (κ1) is 24.7. The second-order valence-electron chi connectivity index (χ2n) is 8.39. The van der Waals surface area contributed by atoms with E-state index >= 15 is 0 Å². The number of hydrogen-bond acceptors (Lipinski definition) is 4. The number of unbranched alkanes of at least 4 members (excludes halogenated alkanes) is 3. The van der Waals surface area contributed by atoms with Crippen molar-refractivity contribution in [2.45, 2.75) is 58.5 Å². The van der Waals surface area contributed by atoms with E-state index in [1.807, 2.05) is 24.5 Å². The summed E-state index contributed by atoms with van der Waals surface area (Å²) in [6.45, 7) is 9.47. The Labute approximate surface area is 198 Å². The highest BCUT2D eigenvalue weighted by atomic mass is 16.5. The molecule has 174 valence electrons. The van der Waals surface area contributed by atoms with Crippen LogP contribution in [0.1, 0.15) is 57.9 Å². The minimum atomic E-state index is 0.339. The Balaban J connectivity index is 1.49. The number of fused-ring (bicyclic) bond motifs is 1. The van der Waals surface area contributed by atoms with E-state index < -0.39 is 0 Å². The van der Waals surface area contributed by atoms with E-state index in [2.05, 4.69) is 66.8 Å². The molecular formula is C29H36N2O2. The molecule has 0 fully saturated rings. The number of rotatable bonds is 14. The quantitative estimate of drug-likeness (QED) is 0.189. The molecule has 0 aliphatic rings. The van der Waals surface area contributed by atoms with Crippen molar-refractivity contribution < 1.29 is 9.47 Å². The normalized spacial score (nSPS) is 12.3. The van der Waals surface area contributed by atoms with Crippen molar-refractivity contribution in [1.29, 1.82) is 0 Å². The van der Waals surface area contributed by atoms with Crippen LogP contribution in [-0.4, -0.2) is 29.3 Å². The first-order valence-electron chi connectivity index (χ1n) is 12.1. The molecule has 3 rings (SSSR count). The molecule has 4 nitrogen and oxygen atoms in total. The van der Waals surface area contributed by atoms with Gasteiger partial charge in [-0.25, -0.2) is 9.97 Å². The summed E-state index contributed by atoms with van der Waals surface area (Å²) in [5, 5.41) is 2.26. The Bertz CT molecular complexity index is 1030. The zero-order valence-electron chi connectivity index (χ0n) is 20.0. The Morgan fingerprint density at radius 2 is 1.79 bits per heavy atom. The lowest BCUT2D eigenvalue weighted by Crippen LogP contribution is -2.08. The van der Waals surface area contributed by atoms with Crippen molar-refractivity contribution in [2.75, 3.05) is 13.2 Å². The molecule has 0 spiro atoms. The molecule has 0 aliphatic carbocycles.